The number of carbonyl (C=O) groups is 3. The van der Waals surface area contributed by atoms with Crippen LogP contribution >= 0.6 is 0 Å². The summed E-state index contributed by atoms with van der Waals surface area (Å²) < 4.78 is 30.8. The van der Waals surface area contributed by atoms with E-state index in [2.05, 4.69) is 15.4 Å². The molecule has 2 amide bonds. The molecule has 2 aromatic carbocycles. The van der Waals surface area contributed by atoms with Gasteiger partial charge in [-0.3, -0.25) is 9.59 Å². The molecule has 2 rings (SSSR count). The first-order chi connectivity index (χ1) is 12.8. The van der Waals surface area contributed by atoms with Crippen LogP contribution in [0.25, 0.3) is 0 Å². The highest BCUT2D eigenvalue weighted by atomic mass is 19.1. The number of carbonyl (C=O) groups excluding carboxylic acids is 3. The van der Waals surface area contributed by atoms with E-state index >= 15 is 0 Å². The molecular weight excluding hydrogens is 358 g/mol. The lowest BCUT2D eigenvalue weighted by molar-refractivity contribution is -0.126. The van der Waals surface area contributed by atoms with Gasteiger partial charge in [-0.1, -0.05) is 18.2 Å². The Kier molecular flexibility index (Phi) is 6.59. The smallest absolute Gasteiger partial charge is 0.338 e. The van der Waals surface area contributed by atoms with E-state index in [0.29, 0.717) is 11.8 Å². The summed E-state index contributed by atoms with van der Waals surface area (Å²) in [5, 5.41) is 4.99. The highest BCUT2D eigenvalue weighted by Gasteiger charge is 2.14. The second kappa shape index (κ2) is 8.88. The first kappa shape index (κ1) is 20.0. The SMILES string of the molecule is Cc1cccc(C)c1NC(=O)CNC(=O)COC(=O)c1cc(F)cc(F)c1. The fourth-order valence-electron chi connectivity index (χ4n) is 2.31. The van der Waals surface area contributed by atoms with Crippen LogP contribution in [0.5, 0.6) is 0 Å². The molecule has 0 fully saturated rings. The van der Waals surface area contributed by atoms with E-state index in [1.54, 1.807) is 0 Å². The molecule has 0 radical (unpaired) electrons. The standard InChI is InChI=1S/C19H18F2N2O4/c1-11-4-3-5-12(2)18(11)23-16(24)9-22-17(25)10-27-19(26)13-6-14(20)8-15(21)7-13/h3-8H,9-10H2,1-2H3,(H,22,25)(H,23,24). The molecule has 2 N–H and O–H groups in total. The molecule has 0 aliphatic carbocycles. The van der Waals surface area contributed by atoms with E-state index in [0.717, 1.165) is 23.3 Å². The molecule has 0 aliphatic heterocycles. The van der Waals surface area contributed by atoms with Crippen molar-refractivity contribution in [2.24, 2.45) is 0 Å². The van der Waals surface area contributed by atoms with E-state index in [-0.39, 0.29) is 12.1 Å². The number of nitrogens with one attached hydrogen (secondary N) is 2. The number of benzene rings is 2. The Morgan fingerprint density at radius 1 is 0.963 bits per heavy atom. The molecule has 0 aliphatic rings. The van der Waals surface area contributed by atoms with Crippen LogP contribution in [-0.4, -0.2) is 30.9 Å². The number of amides is 2. The van der Waals surface area contributed by atoms with Crippen LogP contribution in [0.4, 0.5) is 14.5 Å². The minimum atomic E-state index is -1.05. The topological polar surface area (TPSA) is 84.5 Å². The molecule has 0 heterocycles. The van der Waals surface area contributed by atoms with E-state index < -0.39 is 36.0 Å². The second-order valence-corrected chi connectivity index (χ2v) is 5.83. The third-order valence-electron chi connectivity index (χ3n) is 3.62. The fraction of sp³-hybridized carbons (Fsp3) is 0.211. The van der Waals surface area contributed by atoms with Gasteiger partial charge in [0.2, 0.25) is 5.91 Å². The zero-order valence-electron chi connectivity index (χ0n) is 14.8. The molecular formula is C19H18F2N2O4. The molecule has 0 saturated heterocycles. The lowest BCUT2D eigenvalue weighted by atomic mass is 10.1. The molecule has 0 bridgehead atoms. The van der Waals surface area contributed by atoms with Crippen molar-refractivity contribution in [1.29, 1.82) is 0 Å². The van der Waals surface area contributed by atoms with Gasteiger partial charge in [-0.25, -0.2) is 13.6 Å². The first-order valence-electron chi connectivity index (χ1n) is 8.02. The molecule has 0 atom stereocenters. The Labute approximate surface area is 154 Å². The second-order valence-electron chi connectivity index (χ2n) is 5.83. The van der Waals surface area contributed by atoms with Crippen molar-refractivity contribution < 1.29 is 27.9 Å². The summed E-state index contributed by atoms with van der Waals surface area (Å²) in [6.45, 7) is 2.68. The van der Waals surface area contributed by atoms with Crippen molar-refractivity contribution in [2.75, 3.05) is 18.5 Å². The summed E-state index contributed by atoms with van der Waals surface area (Å²) in [6.07, 6.45) is 0. The number of hydrogen-bond acceptors (Lipinski definition) is 4. The number of rotatable bonds is 6. The van der Waals surface area contributed by atoms with E-state index in [1.807, 2.05) is 32.0 Å². The van der Waals surface area contributed by atoms with Gasteiger partial charge in [0.1, 0.15) is 11.6 Å². The van der Waals surface area contributed by atoms with Crippen LogP contribution < -0.4 is 10.6 Å². The van der Waals surface area contributed by atoms with Gasteiger partial charge in [-0.2, -0.15) is 0 Å². The molecule has 0 saturated carbocycles. The Hall–Kier alpha value is -3.29. The first-order valence-corrected chi connectivity index (χ1v) is 8.02. The third-order valence-corrected chi connectivity index (χ3v) is 3.62. The summed E-state index contributed by atoms with van der Waals surface area (Å²) >= 11 is 0. The zero-order chi connectivity index (χ0) is 20.0. The van der Waals surface area contributed by atoms with Crippen molar-refractivity contribution in [3.63, 3.8) is 0 Å². The number of anilines is 1. The average molecular weight is 376 g/mol. The predicted molar refractivity (Wildman–Crippen MR) is 94.2 cm³/mol. The Morgan fingerprint density at radius 2 is 1.56 bits per heavy atom. The summed E-state index contributed by atoms with van der Waals surface area (Å²) in [5.74, 6) is -4.09. The lowest BCUT2D eigenvalue weighted by Gasteiger charge is -2.12. The zero-order valence-corrected chi connectivity index (χ0v) is 14.8. The molecule has 27 heavy (non-hydrogen) atoms. The normalized spacial score (nSPS) is 10.2. The van der Waals surface area contributed by atoms with Crippen LogP contribution in [0.1, 0.15) is 21.5 Å². The van der Waals surface area contributed by atoms with Crippen molar-refractivity contribution >= 4 is 23.5 Å². The molecule has 0 aromatic heterocycles. The lowest BCUT2D eigenvalue weighted by Crippen LogP contribution is -2.35. The number of hydrogen-bond donors (Lipinski definition) is 2. The summed E-state index contributed by atoms with van der Waals surface area (Å²) in [4.78, 5) is 35.3. The molecule has 2 aromatic rings. The number of halogens is 2. The van der Waals surface area contributed by atoms with Gasteiger partial charge in [0, 0.05) is 11.8 Å². The van der Waals surface area contributed by atoms with Crippen LogP contribution in [0.3, 0.4) is 0 Å². The van der Waals surface area contributed by atoms with Crippen molar-refractivity contribution in [3.8, 4) is 0 Å². The molecule has 0 unspecified atom stereocenters. The van der Waals surface area contributed by atoms with Gasteiger partial charge in [-0.05, 0) is 37.1 Å². The molecule has 0 spiro atoms. The maximum Gasteiger partial charge on any atom is 0.338 e. The number of aryl methyl sites for hydroxylation is 2. The third kappa shape index (κ3) is 5.88. The van der Waals surface area contributed by atoms with Crippen LogP contribution in [0, 0.1) is 25.5 Å². The number of ether oxygens (including phenoxy) is 1. The monoisotopic (exact) mass is 376 g/mol. The molecule has 142 valence electrons. The van der Waals surface area contributed by atoms with Crippen LogP contribution in [0.2, 0.25) is 0 Å². The predicted octanol–water partition coefficient (Wildman–Crippen LogP) is 2.49. The largest absolute Gasteiger partial charge is 0.452 e. The van der Waals surface area contributed by atoms with Crippen LogP contribution in [0.15, 0.2) is 36.4 Å². The van der Waals surface area contributed by atoms with E-state index in [1.165, 1.54) is 0 Å². The van der Waals surface area contributed by atoms with E-state index in [4.69, 9.17) is 0 Å². The highest BCUT2D eigenvalue weighted by molar-refractivity contribution is 5.96. The van der Waals surface area contributed by atoms with Gasteiger partial charge < -0.3 is 15.4 Å². The minimum Gasteiger partial charge on any atom is -0.452 e. The fourth-order valence-corrected chi connectivity index (χ4v) is 2.31. The number of esters is 1. The Balaban J connectivity index is 1.80. The summed E-state index contributed by atoms with van der Waals surface area (Å²) in [6, 6.07) is 7.74. The Bertz CT molecular complexity index is 844. The van der Waals surface area contributed by atoms with E-state index in [9.17, 15) is 23.2 Å². The van der Waals surface area contributed by atoms with Crippen molar-refractivity contribution in [3.05, 3.63) is 64.7 Å². The summed E-state index contributed by atoms with van der Waals surface area (Å²) in [7, 11) is 0. The average Bonchev–Trinajstić information content (AvgIpc) is 2.60. The molecule has 6 nitrogen and oxygen atoms in total. The van der Waals surface area contributed by atoms with Crippen molar-refractivity contribution in [1.82, 2.24) is 5.32 Å². The minimum absolute atomic E-state index is 0.321. The number of para-hydroxylation sites is 1. The van der Waals surface area contributed by atoms with Crippen LogP contribution in [-0.2, 0) is 14.3 Å². The Morgan fingerprint density at radius 3 is 2.15 bits per heavy atom. The van der Waals surface area contributed by atoms with Gasteiger partial charge in [-0.15, -0.1) is 0 Å². The quantitative estimate of drug-likeness (QED) is 0.759. The maximum atomic E-state index is 13.1. The highest BCUT2D eigenvalue weighted by Crippen LogP contribution is 2.19. The maximum absolute atomic E-state index is 13.1. The van der Waals surface area contributed by atoms with Gasteiger partial charge in [0.25, 0.3) is 5.91 Å². The van der Waals surface area contributed by atoms with Crippen molar-refractivity contribution in [2.45, 2.75) is 13.8 Å². The summed E-state index contributed by atoms with van der Waals surface area (Å²) in [5.41, 5.74) is 2.07. The van der Waals surface area contributed by atoms with Gasteiger partial charge in [0.05, 0.1) is 12.1 Å². The molecule has 8 heteroatoms. The van der Waals surface area contributed by atoms with Gasteiger partial charge >= 0.3 is 5.97 Å². The van der Waals surface area contributed by atoms with Gasteiger partial charge in [0.15, 0.2) is 6.61 Å².